The maximum absolute atomic E-state index is 12.8. The molecular formula is C27H27N7O2. The Bertz CT molecular complexity index is 1300. The molecule has 3 aromatic heterocycles. The van der Waals surface area contributed by atoms with Gasteiger partial charge in [0.2, 0.25) is 0 Å². The van der Waals surface area contributed by atoms with Crippen molar-refractivity contribution in [3.8, 4) is 11.3 Å². The summed E-state index contributed by atoms with van der Waals surface area (Å²) in [5.74, 6) is 0.293. The van der Waals surface area contributed by atoms with E-state index in [9.17, 15) is 9.59 Å². The van der Waals surface area contributed by atoms with Crippen LogP contribution in [0.15, 0.2) is 85.5 Å². The van der Waals surface area contributed by atoms with Crippen LogP contribution in [0.3, 0.4) is 0 Å². The predicted molar refractivity (Wildman–Crippen MR) is 139 cm³/mol. The highest BCUT2D eigenvalue weighted by Gasteiger charge is 2.14. The number of aromatic nitrogens is 3. The molecule has 0 unspecified atom stereocenters. The van der Waals surface area contributed by atoms with Crippen LogP contribution >= 0.6 is 0 Å². The molecule has 1 aromatic carbocycles. The van der Waals surface area contributed by atoms with Crippen molar-refractivity contribution in [1.29, 1.82) is 0 Å². The lowest BCUT2D eigenvalue weighted by Gasteiger charge is -2.13. The third kappa shape index (κ3) is 6.63. The normalized spacial score (nSPS) is 10.4. The fourth-order valence-electron chi connectivity index (χ4n) is 3.47. The van der Waals surface area contributed by atoms with Gasteiger partial charge in [-0.15, -0.1) is 0 Å². The number of urea groups is 1. The molecule has 0 aliphatic rings. The summed E-state index contributed by atoms with van der Waals surface area (Å²) in [5, 5.41) is 11.7. The predicted octanol–water partition coefficient (Wildman–Crippen LogP) is 4.22. The van der Waals surface area contributed by atoms with E-state index >= 15 is 0 Å². The minimum Gasteiger partial charge on any atom is -0.370 e. The quantitative estimate of drug-likeness (QED) is 0.284. The number of amides is 3. The number of pyridine rings is 3. The second-order valence-corrected chi connectivity index (χ2v) is 7.91. The van der Waals surface area contributed by atoms with Crippen LogP contribution in [0, 0.1) is 0 Å². The first-order valence-electron chi connectivity index (χ1n) is 11.6. The molecule has 0 bridgehead atoms. The Hall–Kier alpha value is -4.79. The highest BCUT2D eigenvalue weighted by molar-refractivity contribution is 5.99. The maximum Gasteiger partial charge on any atom is 0.319 e. The van der Waals surface area contributed by atoms with E-state index in [1.165, 1.54) is 0 Å². The number of benzene rings is 1. The minimum atomic E-state index is -0.305. The molecule has 4 aromatic rings. The van der Waals surface area contributed by atoms with Gasteiger partial charge in [-0.25, -0.2) is 9.78 Å². The van der Waals surface area contributed by atoms with E-state index in [2.05, 4.69) is 36.2 Å². The lowest BCUT2D eigenvalue weighted by Crippen LogP contribution is -2.28. The summed E-state index contributed by atoms with van der Waals surface area (Å²) in [6, 6.07) is 18.1. The van der Waals surface area contributed by atoms with Gasteiger partial charge >= 0.3 is 6.03 Å². The molecule has 36 heavy (non-hydrogen) atoms. The van der Waals surface area contributed by atoms with Gasteiger partial charge in [0.15, 0.2) is 0 Å². The highest BCUT2D eigenvalue weighted by atomic mass is 16.2. The number of hydrogen-bond acceptors (Lipinski definition) is 6. The van der Waals surface area contributed by atoms with Crippen molar-refractivity contribution in [1.82, 2.24) is 25.6 Å². The van der Waals surface area contributed by atoms with E-state index in [0.717, 1.165) is 16.7 Å². The van der Waals surface area contributed by atoms with Crippen LogP contribution in [0.2, 0.25) is 0 Å². The summed E-state index contributed by atoms with van der Waals surface area (Å²) in [6.45, 7) is 3.34. The molecule has 3 amide bonds. The number of nitrogens with one attached hydrogen (secondary N) is 4. The minimum absolute atomic E-state index is 0.217. The highest BCUT2D eigenvalue weighted by Crippen LogP contribution is 2.24. The Morgan fingerprint density at radius 2 is 1.47 bits per heavy atom. The van der Waals surface area contributed by atoms with Crippen LogP contribution in [0.25, 0.3) is 11.3 Å². The van der Waals surface area contributed by atoms with Gasteiger partial charge in [-0.05, 0) is 54.4 Å². The van der Waals surface area contributed by atoms with E-state index < -0.39 is 0 Å². The average Bonchev–Trinajstić information content (AvgIpc) is 2.92. The molecule has 0 atom stereocenters. The Morgan fingerprint density at radius 1 is 0.806 bits per heavy atom. The van der Waals surface area contributed by atoms with E-state index in [0.29, 0.717) is 42.4 Å². The Morgan fingerprint density at radius 3 is 2.08 bits per heavy atom. The van der Waals surface area contributed by atoms with E-state index in [4.69, 9.17) is 0 Å². The van der Waals surface area contributed by atoms with Crippen molar-refractivity contribution < 1.29 is 9.59 Å². The van der Waals surface area contributed by atoms with Crippen LogP contribution < -0.4 is 21.3 Å². The summed E-state index contributed by atoms with van der Waals surface area (Å²) in [7, 11) is 0. The topological polar surface area (TPSA) is 121 Å². The number of nitrogens with zero attached hydrogens (tertiary/aromatic N) is 3. The van der Waals surface area contributed by atoms with E-state index in [1.54, 1.807) is 30.9 Å². The first kappa shape index (κ1) is 24.3. The summed E-state index contributed by atoms with van der Waals surface area (Å²) in [5.41, 5.74) is 4.52. The SMILES string of the molecule is CCNc1nc(-c2ccc(NC(=O)NCc3cccnc3)cc2)ccc1C(=O)NCc1cccnc1. The molecule has 9 nitrogen and oxygen atoms in total. The van der Waals surface area contributed by atoms with E-state index in [1.807, 2.05) is 61.5 Å². The van der Waals surface area contributed by atoms with E-state index in [-0.39, 0.29) is 11.9 Å². The molecule has 0 aliphatic carbocycles. The zero-order valence-electron chi connectivity index (χ0n) is 19.9. The van der Waals surface area contributed by atoms with Crippen molar-refractivity contribution in [2.45, 2.75) is 20.0 Å². The lowest BCUT2D eigenvalue weighted by molar-refractivity contribution is 0.0951. The van der Waals surface area contributed by atoms with Gasteiger partial charge < -0.3 is 21.3 Å². The molecule has 0 saturated carbocycles. The number of anilines is 2. The first-order chi connectivity index (χ1) is 17.6. The van der Waals surface area contributed by atoms with Crippen molar-refractivity contribution in [2.24, 2.45) is 0 Å². The van der Waals surface area contributed by atoms with Gasteiger partial charge in [-0.2, -0.15) is 0 Å². The molecule has 3 heterocycles. The number of hydrogen-bond donors (Lipinski definition) is 4. The van der Waals surface area contributed by atoms with Gasteiger partial charge in [0.25, 0.3) is 5.91 Å². The number of rotatable bonds is 9. The smallest absolute Gasteiger partial charge is 0.319 e. The molecule has 0 aliphatic heterocycles. The molecule has 0 spiro atoms. The largest absolute Gasteiger partial charge is 0.370 e. The van der Waals surface area contributed by atoms with Gasteiger partial charge in [-0.1, -0.05) is 24.3 Å². The molecule has 4 rings (SSSR count). The Labute approximate surface area is 209 Å². The monoisotopic (exact) mass is 481 g/mol. The van der Waals surface area contributed by atoms with Crippen molar-refractivity contribution in [3.05, 3.63) is 102 Å². The number of carbonyl (C=O) groups is 2. The maximum atomic E-state index is 12.8. The molecule has 9 heteroatoms. The molecule has 0 radical (unpaired) electrons. The zero-order valence-corrected chi connectivity index (χ0v) is 19.9. The second kappa shape index (κ2) is 12.1. The number of carbonyl (C=O) groups excluding carboxylic acids is 2. The summed E-state index contributed by atoms with van der Waals surface area (Å²) >= 11 is 0. The Balaban J connectivity index is 1.40. The third-order valence-corrected chi connectivity index (χ3v) is 5.27. The summed E-state index contributed by atoms with van der Waals surface area (Å²) < 4.78 is 0. The van der Waals surface area contributed by atoms with Gasteiger partial charge in [0, 0.05) is 55.7 Å². The zero-order chi connectivity index (χ0) is 25.2. The van der Waals surface area contributed by atoms with Crippen LogP contribution in [-0.4, -0.2) is 33.4 Å². The van der Waals surface area contributed by atoms with Crippen LogP contribution in [0.1, 0.15) is 28.4 Å². The Kier molecular flexibility index (Phi) is 8.16. The fraction of sp³-hybridized carbons (Fsp3) is 0.148. The second-order valence-electron chi connectivity index (χ2n) is 7.91. The van der Waals surface area contributed by atoms with Gasteiger partial charge in [0.1, 0.15) is 5.82 Å². The molecule has 0 fully saturated rings. The van der Waals surface area contributed by atoms with Crippen LogP contribution in [0.5, 0.6) is 0 Å². The van der Waals surface area contributed by atoms with Crippen molar-refractivity contribution in [2.75, 3.05) is 17.2 Å². The summed E-state index contributed by atoms with van der Waals surface area (Å²) in [4.78, 5) is 37.8. The fourth-order valence-corrected chi connectivity index (χ4v) is 3.47. The standard InChI is InChI=1S/C27H27N7O2/c1-2-30-25-23(26(35)31-17-19-5-3-13-28-15-19)11-12-24(34-25)21-7-9-22(10-8-21)33-27(36)32-18-20-6-4-14-29-16-20/h3-16H,2,17-18H2,1H3,(H,30,34)(H,31,35)(H2,32,33,36). The van der Waals surface area contributed by atoms with Crippen LogP contribution in [0.4, 0.5) is 16.3 Å². The molecule has 182 valence electrons. The average molecular weight is 482 g/mol. The van der Waals surface area contributed by atoms with Gasteiger partial charge in [0.05, 0.1) is 11.3 Å². The van der Waals surface area contributed by atoms with Crippen molar-refractivity contribution in [3.63, 3.8) is 0 Å². The molecular weight excluding hydrogens is 454 g/mol. The van der Waals surface area contributed by atoms with Crippen molar-refractivity contribution >= 4 is 23.4 Å². The molecule has 0 saturated heterocycles. The summed E-state index contributed by atoms with van der Waals surface area (Å²) in [6.07, 6.45) is 6.81. The lowest BCUT2D eigenvalue weighted by atomic mass is 10.1. The molecule has 4 N–H and O–H groups in total. The van der Waals surface area contributed by atoms with Gasteiger partial charge in [-0.3, -0.25) is 14.8 Å². The third-order valence-electron chi connectivity index (χ3n) is 5.27. The first-order valence-corrected chi connectivity index (χ1v) is 11.6. The van der Waals surface area contributed by atoms with Crippen LogP contribution in [-0.2, 0) is 13.1 Å².